The maximum atomic E-state index is 11.5. The van der Waals surface area contributed by atoms with Gasteiger partial charge in [0.25, 0.3) is 5.91 Å². The van der Waals surface area contributed by atoms with Crippen molar-refractivity contribution in [3.8, 4) is 6.07 Å². The molecule has 0 saturated carbocycles. The summed E-state index contributed by atoms with van der Waals surface area (Å²) in [7, 11) is 0. The number of hydrogen-bond donors (Lipinski definition) is 1. The largest absolute Gasteiger partial charge is 0.383 e. The summed E-state index contributed by atoms with van der Waals surface area (Å²) in [6, 6.07) is 5.08. The van der Waals surface area contributed by atoms with E-state index in [9.17, 15) is 9.90 Å². The second-order valence-electron chi connectivity index (χ2n) is 3.31. The van der Waals surface area contributed by atoms with E-state index < -0.39 is 6.10 Å². The predicted octanol–water partition coefficient (Wildman–Crippen LogP) is 0.0509. The Kier molecular flexibility index (Phi) is 2.35. The Labute approximate surface area is 86.6 Å². The minimum absolute atomic E-state index is 0.349. The van der Waals surface area contributed by atoms with Crippen LogP contribution in [-0.4, -0.2) is 28.6 Å². The number of nitrogens with zero attached hydrogens (tertiary/aromatic N) is 3. The van der Waals surface area contributed by atoms with Gasteiger partial charge in [-0.3, -0.25) is 9.69 Å². The van der Waals surface area contributed by atoms with Crippen molar-refractivity contribution in [2.45, 2.75) is 12.5 Å². The van der Waals surface area contributed by atoms with Crippen molar-refractivity contribution < 1.29 is 9.90 Å². The van der Waals surface area contributed by atoms with Crippen molar-refractivity contribution in [2.24, 2.45) is 0 Å². The molecular weight excluding hydrogens is 194 g/mol. The highest BCUT2D eigenvalue weighted by Crippen LogP contribution is 2.19. The third-order valence-electron chi connectivity index (χ3n) is 2.33. The molecule has 5 nitrogen and oxygen atoms in total. The lowest BCUT2D eigenvalue weighted by Gasteiger charge is -2.14. The van der Waals surface area contributed by atoms with Crippen LogP contribution >= 0.6 is 0 Å². The summed E-state index contributed by atoms with van der Waals surface area (Å²) < 4.78 is 0. The Morgan fingerprint density at radius 2 is 2.47 bits per heavy atom. The Bertz CT molecular complexity index is 439. The molecular formula is C10H9N3O2. The van der Waals surface area contributed by atoms with Gasteiger partial charge >= 0.3 is 0 Å². The van der Waals surface area contributed by atoms with Crippen molar-refractivity contribution >= 4 is 11.7 Å². The monoisotopic (exact) mass is 203 g/mol. The summed E-state index contributed by atoms with van der Waals surface area (Å²) in [4.78, 5) is 16.8. The highest BCUT2D eigenvalue weighted by atomic mass is 16.3. The summed E-state index contributed by atoms with van der Waals surface area (Å²) >= 11 is 0. The molecule has 0 spiro atoms. The van der Waals surface area contributed by atoms with Gasteiger partial charge in [0.1, 0.15) is 11.9 Å². The van der Waals surface area contributed by atoms with Crippen molar-refractivity contribution in [2.75, 3.05) is 11.4 Å². The molecule has 5 heteroatoms. The molecule has 1 fully saturated rings. The van der Waals surface area contributed by atoms with E-state index in [2.05, 4.69) is 4.98 Å². The van der Waals surface area contributed by atoms with E-state index in [1.165, 1.54) is 17.2 Å². The van der Waals surface area contributed by atoms with Gasteiger partial charge in [0.05, 0.1) is 11.6 Å². The van der Waals surface area contributed by atoms with E-state index in [0.29, 0.717) is 24.3 Å². The summed E-state index contributed by atoms with van der Waals surface area (Å²) in [5.41, 5.74) is 0.453. The molecule has 1 amide bonds. The maximum Gasteiger partial charge on any atom is 0.257 e. The lowest BCUT2D eigenvalue weighted by molar-refractivity contribution is -0.124. The van der Waals surface area contributed by atoms with Gasteiger partial charge in [-0.15, -0.1) is 0 Å². The molecule has 1 atom stereocenters. The van der Waals surface area contributed by atoms with Crippen LogP contribution in [0.5, 0.6) is 0 Å². The lowest BCUT2D eigenvalue weighted by Crippen LogP contribution is -2.29. The summed E-state index contributed by atoms with van der Waals surface area (Å²) in [6.07, 6.45) is 0.959. The highest BCUT2D eigenvalue weighted by Gasteiger charge is 2.31. The Morgan fingerprint density at radius 3 is 3.07 bits per heavy atom. The SMILES string of the molecule is N#Cc1ccnc(N2CCC(O)C2=O)c1. The fourth-order valence-electron chi connectivity index (χ4n) is 1.53. The summed E-state index contributed by atoms with van der Waals surface area (Å²) in [5.74, 6) is 0.0770. The van der Waals surface area contributed by atoms with Gasteiger partial charge in [-0.2, -0.15) is 5.26 Å². The molecule has 1 aliphatic heterocycles. The number of carbonyl (C=O) groups excluding carboxylic acids is 1. The maximum absolute atomic E-state index is 11.5. The molecule has 0 bridgehead atoms. The van der Waals surface area contributed by atoms with Crippen LogP contribution in [0, 0.1) is 11.3 Å². The molecule has 1 aromatic rings. The van der Waals surface area contributed by atoms with Crippen LogP contribution in [0.1, 0.15) is 12.0 Å². The number of aliphatic hydroxyl groups is 1. The predicted molar refractivity (Wildman–Crippen MR) is 51.9 cm³/mol. The number of carbonyl (C=O) groups is 1. The number of amides is 1. The smallest absolute Gasteiger partial charge is 0.257 e. The van der Waals surface area contributed by atoms with E-state index in [1.54, 1.807) is 6.07 Å². The van der Waals surface area contributed by atoms with Crippen molar-refractivity contribution in [3.63, 3.8) is 0 Å². The summed E-state index contributed by atoms with van der Waals surface area (Å²) in [6.45, 7) is 0.446. The van der Waals surface area contributed by atoms with Gasteiger partial charge in [0.15, 0.2) is 0 Å². The second-order valence-corrected chi connectivity index (χ2v) is 3.31. The molecule has 1 unspecified atom stereocenters. The normalized spacial score (nSPS) is 20.4. The molecule has 1 aliphatic rings. The van der Waals surface area contributed by atoms with Crippen molar-refractivity contribution in [1.82, 2.24) is 4.98 Å². The van der Waals surface area contributed by atoms with Gasteiger partial charge in [-0.1, -0.05) is 0 Å². The van der Waals surface area contributed by atoms with Crippen LogP contribution in [0.4, 0.5) is 5.82 Å². The first-order valence-electron chi connectivity index (χ1n) is 4.58. The minimum atomic E-state index is -0.933. The fourth-order valence-corrected chi connectivity index (χ4v) is 1.53. The zero-order chi connectivity index (χ0) is 10.8. The Hall–Kier alpha value is -1.93. The highest BCUT2D eigenvalue weighted by molar-refractivity contribution is 5.97. The van der Waals surface area contributed by atoms with Crippen LogP contribution in [0.15, 0.2) is 18.3 Å². The molecule has 15 heavy (non-hydrogen) atoms. The molecule has 2 rings (SSSR count). The van der Waals surface area contributed by atoms with E-state index in [1.807, 2.05) is 6.07 Å². The van der Waals surface area contributed by atoms with Crippen LogP contribution in [0.3, 0.4) is 0 Å². The molecule has 0 aliphatic carbocycles. The zero-order valence-electron chi connectivity index (χ0n) is 7.92. The molecule has 0 radical (unpaired) electrons. The standard InChI is InChI=1S/C10H9N3O2/c11-6-7-1-3-12-9(5-7)13-4-2-8(14)10(13)15/h1,3,5,8,14H,2,4H2. The average Bonchev–Trinajstić information content (AvgIpc) is 2.60. The van der Waals surface area contributed by atoms with Crippen molar-refractivity contribution in [1.29, 1.82) is 5.26 Å². The van der Waals surface area contributed by atoms with Gasteiger partial charge in [-0.25, -0.2) is 4.98 Å². The van der Waals surface area contributed by atoms with Crippen LogP contribution < -0.4 is 4.90 Å². The van der Waals surface area contributed by atoms with Crippen molar-refractivity contribution in [3.05, 3.63) is 23.9 Å². The first-order chi connectivity index (χ1) is 7.22. The number of anilines is 1. The van der Waals surface area contributed by atoms with E-state index in [-0.39, 0.29) is 5.91 Å². The molecule has 1 aromatic heterocycles. The number of aliphatic hydroxyl groups excluding tert-OH is 1. The fraction of sp³-hybridized carbons (Fsp3) is 0.300. The quantitative estimate of drug-likeness (QED) is 0.699. The van der Waals surface area contributed by atoms with E-state index in [0.717, 1.165) is 0 Å². The van der Waals surface area contributed by atoms with Gasteiger partial charge in [0.2, 0.25) is 0 Å². The average molecular weight is 203 g/mol. The van der Waals surface area contributed by atoms with E-state index >= 15 is 0 Å². The van der Waals surface area contributed by atoms with Crippen LogP contribution in [-0.2, 0) is 4.79 Å². The minimum Gasteiger partial charge on any atom is -0.383 e. The number of rotatable bonds is 1. The first kappa shape index (κ1) is 9.62. The van der Waals surface area contributed by atoms with Gasteiger partial charge in [-0.05, 0) is 12.1 Å². The van der Waals surface area contributed by atoms with Gasteiger partial charge < -0.3 is 5.11 Å². The second kappa shape index (κ2) is 3.67. The molecule has 0 aromatic carbocycles. The topological polar surface area (TPSA) is 77.2 Å². The van der Waals surface area contributed by atoms with Crippen LogP contribution in [0.2, 0.25) is 0 Å². The Balaban J connectivity index is 2.31. The molecule has 76 valence electrons. The number of pyridine rings is 1. The van der Waals surface area contributed by atoms with Crippen LogP contribution in [0.25, 0.3) is 0 Å². The number of aromatic nitrogens is 1. The molecule has 2 heterocycles. The number of hydrogen-bond acceptors (Lipinski definition) is 4. The first-order valence-corrected chi connectivity index (χ1v) is 4.58. The number of nitriles is 1. The lowest BCUT2D eigenvalue weighted by atomic mass is 10.3. The third kappa shape index (κ3) is 1.67. The van der Waals surface area contributed by atoms with E-state index in [4.69, 9.17) is 5.26 Å². The Morgan fingerprint density at radius 1 is 1.67 bits per heavy atom. The molecule has 1 saturated heterocycles. The molecule has 1 N–H and O–H groups in total. The summed E-state index contributed by atoms with van der Waals surface area (Å²) in [5, 5.41) is 18.0. The zero-order valence-corrected chi connectivity index (χ0v) is 7.92. The van der Waals surface area contributed by atoms with Gasteiger partial charge in [0, 0.05) is 19.2 Å². The third-order valence-corrected chi connectivity index (χ3v) is 2.33.